The number of hydrogen-bond donors (Lipinski definition) is 1. The topological polar surface area (TPSA) is 52.9 Å². The van der Waals surface area contributed by atoms with E-state index in [1.54, 1.807) is 6.08 Å². The molecule has 1 amide bonds. The molecule has 3 rings (SSSR count). The molecule has 1 saturated carbocycles. The Balaban J connectivity index is 1.86. The zero-order valence-electron chi connectivity index (χ0n) is 14.0. The standard InChI is InChI=1S/C21H22N2O/c1-15-7-2-5-12-20(15)23-21(24)18(14-22)13-17-10-6-9-16-8-3-4-11-19(16)17/h3-4,6,8-11,13,15,20H,2,5,7,12H2,1H3,(H,23,24)/b18-13+. The Kier molecular flexibility index (Phi) is 4.96. The van der Waals surface area contributed by atoms with Gasteiger partial charge in [0.15, 0.2) is 0 Å². The molecular formula is C21H22N2O. The molecule has 0 bridgehead atoms. The van der Waals surface area contributed by atoms with E-state index in [0.717, 1.165) is 35.6 Å². The first-order valence-electron chi connectivity index (χ1n) is 8.59. The molecule has 1 aliphatic rings. The summed E-state index contributed by atoms with van der Waals surface area (Å²) in [6.45, 7) is 2.17. The lowest BCUT2D eigenvalue weighted by atomic mass is 9.86. The second-order valence-electron chi connectivity index (χ2n) is 6.58. The van der Waals surface area contributed by atoms with Crippen LogP contribution < -0.4 is 5.32 Å². The van der Waals surface area contributed by atoms with Gasteiger partial charge in [0.05, 0.1) is 0 Å². The molecule has 0 radical (unpaired) electrons. The fourth-order valence-electron chi connectivity index (χ4n) is 3.46. The van der Waals surface area contributed by atoms with Crippen molar-refractivity contribution in [3.05, 3.63) is 53.6 Å². The van der Waals surface area contributed by atoms with Crippen molar-refractivity contribution in [1.82, 2.24) is 5.32 Å². The predicted molar refractivity (Wildman–Crippen MR) is 97.1 cm³/mol. The highest BCUT2D eigenvalue weighted by atomic mass is 16.1. The van der Waals surface area contributed by atoms with Crippen LogP contribution in [0.2, 0.25) is 0 Å². The van der Waals surface area contributed by atoms with Gasteiger partial charge >= 0.3 is 0 Å². The first-order valence-corrected chi connectivity index (χ1v) is 8.59. The highest BCUT2D eigenvalue weighted by Gasteiger charge is 2.24. The number of carbonyl (C=O) groups excluding carboxylic acids is 1. The molecule has 0 saturated heterocycles. The number of amides is 1. The second-order valence-corrected chi connectivity index (χ2v) is 6.58. The summed E-state index contributed by atoms with van der Waals surface area (Å²) >= 11 is 0. The summed E-state index contributed by atoms with van der Waals surface area (Å²) in [6, 6.07) is 16.2. The summed E-state index contributed by atoms with van der Waals surface area (Å²) in [7, 11) is 0. The zero-order valence-corrected chi connectivity index (χ0v) is 14.0. The Hall–Kier alpha value is -2.60. The van der Waals surface area contributed by atoms with Crippen molar-refractivity contribution in [3.8, 4) is 6.07 Å². The minimum atomic E-state index is -0.260. The molecule has 3 heteroatoms. The van der Waals surface area contributed by atoms with E-state index in [9.17, 15) is 10.1 Å². The summed E-state index contributed by atoms with van der Waals surface area (Å²) < 4.78 is 0. The molecule has 24 heavy (non-hydrogen) atoms. The van der Waals surface area contributed by atoms with E-state index in [1.807, 2.05) is 42.5 Å². The van der Waals surface area contributed by atoms with Gasteiger partial charge in [-0.25, -0.2) is 0 Å². The van der Waals surface area contributed by atoms with Gasteiger partial charge in [-0.05, 0) is 41.2 Å². The highest BCUT2D eigenvalue weighted by Crippen LogP contribution is 2.24. The summed E-state index contributed by atoms with van der Waals surface area (Å²) in [4.78, 5) is 12.5. The van der Waals surface area contributed by atoms with Gasteiger partial charge in [0.2, 0.25) is 0 Å². The molecule has 0 aliphatic heterocycles. The Morgan fingerprint density at radius 2 is 1.92 bits per heavy atom. The third-order valence-corrected chi connectivity index (χ3v) is 4.92. The van der Waals surface area contributed by atoms with Crippen molar-refractivity contribution >= 4 is 22.8 Å². The van der Waals surface area contributed by atoms with Gasteiger partial charge in [-0.15, -0.1) is 0 Å². The van der Waals surface area contributed by atoms with Crippen molar-refractivity contribution < 1.29 is 4.79 Å². The monoisotopic (exact) mass is 318 g/mol. The first-order chi connectivity index (χ1) is 11.7. The number of carbonyl (C=O) groups is 1. The molecule has 0 spiro atoms. The van der Waals surface area contributed by atoms with Crippen LogP contribution in [0, 0.1) is 17.2 Å². The third kappa shape index (κ3) is 3.49. The summed E-state index contributed by atoms with van der Waals surface area (Å²) in [5.41, 5.74) is 1.07. The zero-order chi connectivity index (χ0) is 16.9. The van der Waals surface area contributed by atoms with Crippen LogP contribution in [0.5, 0.6) is 0 Å². The molecule has 1 N–H and O–H groups in total. The average molecular weight is 318 g/mol. The Bertz CT molecular complexity index is 811. The van der Waals surface area contributed by atoms with E-state index in [0.29, 0.717) is 5.92 Å². The fourth-order valence-corrected chi connectivity index (χ4v) is 3.46. The molecule has 1 aliphatic carbocycles. The number of rotatable bonds is 3. The van der Waals surface area contributed by atoms with Crippen LogP contribution >= 0.6 is 0 Å². The van der Waals surface area contributed by atoms with E-state index in [1.165, 1.54) is 6.42 Å². The number of hydrogen-bond acceptors (Lipinski definition) is 2. The van der Waals surface area contributed by atoms with E-state index in [2.05, 4.69) is 18.3 Å². The lowest BCUT2D eigenvalue weighted by molar-refractivity contribution is -0.118. The largest absolute Gasteiger partial charge is 0.348 e. The van der Waals surface area contributed by atoms with Gasteiger partial charge in [0.25, 0.3) is 5.91 Å². The third-order valence-electron chi connectivity index (χ3n) is 4.92. The average Bonchev–Trinajstić information content (AvgIpc) is 2.61. The Labute approximate surface area is 143 Å². The number of nitriles is 1. The minimum absolute atomic E-state index is 0.170. The molecular weight excluding hydrogens is 296 g/mol. The van der Waals surface area contributed by atoms with Crippen molar-refractivity contribution in [2.24, 2.45) is 5.92 Å². The minimum Gasteiger partial charge on any atom is -0.348 e. The van der Waals surface area contributed by atoms with Crippen molar-refractivity contribution in [3.63, 3.8) is 0 Å². The van der Waals surface area contributed by atoms with E-state index in [-0.39, 0.29) is 17.5 Å². The van der Waals surface area contributed by atoms with Gasteiger partial charge in [0, 0.05) is 6.04 Å². The maximum absolute atomic E-state index is 12.5. The number of benzene rings is 2. The first kappa shape index (κ1) is 16.3. The molecule has 2 unspecified atom stereocenters. The van der Waals surface area contributed by atoms with Crippen LogP contribution in [0.3, 0.4) is 0 Å². The smallest absolute Gasteiger partial charge is 0.262 e. The lowest BCUT2D eigenvalue weighted by Gasteiger charge is -2.29. The molecule has 2 aromatic rings. The molecule has 0 heterocycles. The summed E-state index contributed by atoms with van der Waals surface area (Å²) in [5.74, 6) is 0.212. The van der Waals surface area contributed by atoms with Gasteiger partial charge in [0.1, 0.15) is 11.6 Å². The van der Waals surface area contributed by atoms with Crippen LogP contribution in [-0.4, -0.2) is 11.9 Å². The van der Waals surface area contributed by atoms with Gasteiger partial charge in [-0.2, -0.15) is 5.26 Å². The van der Waals surface area contributed by atoms with Gasteiger partial charge in [-0.3, -0.25) is 4.79 Å². The van der Waals surface area contributed by atoms with Gasteiger partial charge < -0.3 is 5.32 Å². The Morgan fingerprint density at radius 1 is 1.17 bits per heavy atom. The van der Waals surface area contributed by atoms with Crippen molar-refractivity contribution in [1.29, 1.82) is 5.26 Å². The maximum atomic E-state index is 12.5. The van der Waals surface area contributed by atoms with Crippen molar-refractivity contribution in [2.75, 3.05) is 0 Å². The van der Waals surface area contributed by atoms with Gasteiger partial charge in [-0.1, -0.05) is 62.2 Å². The van der Waals surface area contributed by atoms with E-state index >= 15 is 0 Å². The fraction of sp³-hybridized carbons (Fsp3) is 0.333. The lowest BCUT2D eigenvalue weighted by Crippen LogP contribution is -2.41. The molecule has 122 valence electrons. The second kappa shape index (κ2) is 7.31. The summed E-state index contributed by atoms with van der Waals surface area (Å²) in [5, 5.41) is 14.7. The van der Waals surface area contributed by atoms with Crippen molar-refractivity contribution in [2.45, 2.75) is 38.6 Å². The molecule has 0 aromatic heterocycles. The van der Waals surface area contributed by atoms with Crippen LogP contribution in [-0.2, 0) is 4.79 Å². The number of nitrogens with zero attached hydrogens (tertiary/aromatic N) is 1. The van der Waals surface area contributed by atoms with E-state index in [4.69, 9.17) is 0 Å². The maximum Gasteiger partial charge on any atom is 0.262 e. The summed E-state index contributed by atoms with van der Waals surface area (Å²) in [6.07, 6.45) is 6.21. The molecule has 1 fully saturated rings. The SMILES string of the molecule is CC1CCCCC1NC(=O)/C(C#N)=C/c1cccc2ccccc12. The number of fused-ring (bicyclic) bond motifs is 1. The molecule has 2 atom stereocenters. The normalized spacial score (nSPS) is 21.2. The Morgan fingerprint density at radius 3 is 2.71 bits per heavy atom. The predicted octanol–water partition coefficient (Wildman–Crippen LogP) is 4.44. The quantitative estimate of drug-likeness (QED) is 0.672. The highest BCUT2D eigenvalue weighted by molar-refractivity contribution is 6.04. The van der Waals surface area contributed by atoms with Crippen LogP contribution in [0.4, 0.5) is 0 Å². The van der Waals surface area contributed by atoms with Crippen LogP contribution in [0.25, 0.3) is 16.8 Å². The van der Waals surface area contributed by atoms with Crippen LogP contribution in [0.15, 0.2) is 48.0 Å². The van der Waals surface area contributed by atoms with Crippen LogP contribution in [0.1, 0.15) is 38.2 Å². The molecule has 3 nitrogen and oxygen atoms in total. The molecule has 2 aromatic carbocycles. The number of nitrogens with one attached hydrogen (secondary N) is 1. The van der Waals surface area contributed by atoms with E-state index < -0.39 is 0 Å².